The second-order valence-electron chi connectivity index (χ2n) is 6.81. The second kappa shape index (κ2) is 8.13. The number of allylic oxidation sites excluding steroid dienone is 1. The van der Waals surface area contributed by atoms with Crippen LogP contribution in [0.5, 0.6) is 0 Å². The van der Waals surface area contributed by atoms with Crippen LogP contribution in [-0.4, -0.2) is 27.2 Å². The van der Waals surface area contributed by atoms with E-state index in [-0.39, 0.29) is 5.69 Å². The zero-order valence-corrected chi connectivity index (χ0v) is 18.0. The van der Waals surface area contributed by atoms with Crippen LogP contribution in [0.25, 0.3) is 20.7 Å². The Morgan fingerprint density at radius 2 is 2.00 bits per heavy atom. The predicted octanol–water partition coefficient (Wildman–Crippen LogP) is 4.17. The minimum absolute atomic E-state index is 0.179. The Bertz CT molecular complexity index is 1350. The lowest BCUT2D eigenvalue weighted by Gasteiger charge is -2.15. The van der Waals surface area contributed by atoms with Crippen molar-refractivity contribution in [2.24, 2.45) is 7.05 Å². The molecule has 0 N–H and O–H groups in total. The maximum atomic E-state index is 13.1. The maximum Gasteiger partial charge on any atom is 0.431 e. The number of ether oxygens (including phenoxy) is 1. The number of alkyl halides is 3. The van der Waals surface area contributed by atoms with E-state index in [2.05, 4.69) is 4.37 Å². The Hall–Kier alpha value is -2.63. The van der Waals surface area contributed by atoms with Gasteiger partial charge in [0.05, 0.1) is 22.7 Å². The third-order valence-corrected chi connectivity index (χ3v) is 6.70. The van der Waals surface area contributed by atoms with Crippen LogP contribution in [0.2, 0.25) is 0 Å². The molecule has 31 heavy (non-hydrogen) atoms. The highest BCUT2D eigenvalue weighted by atomic mass is 32.2. The highest BCUT2D eigenvalue weighted by molar-refractivity contribution is 8.11. The summed E-state index contributed by atoms with van der Waals surface area (Å²) in [6.07, 6.45) is -2.07. The molecule has 0 saturated carbocycles. The van der Waals surface area contributed by atoms with Gasteiger partial charge >= 0.3 is 11.9 Å². The van der Waals surface area contributed by atoms with E-state index in [1.807, 2.05) is 11.5 Å². The van der Waals surface area contributed by atoms with Crippen LogP contribution in [-0.2, 0) is 18.0 Å². The molecule has 2 aromatic heterocycles. The van der Waals surface area contributed by atoms with Crippen molar-refractivity contribution < 1.29 is 17.9 Å². The summed E-state index contributed by atoms with van der Waals surface area (Å²) in [7, 11) is 2.60. The van der Waals surface area contributed by atoms with Crippen molar-refractivity contribution >= 4 is 38.3 Å². The monoisotopic (exact) mass is 467 g/mol. The first-order chi connectivity index (χ1) is 14.7. The number of aromatic nitrogens is 3. The molecule has 4 rings (SSSR count). The number of benzene rings is 1. The Kier molecular flexibility index (Phi) is 5.67. The molecule has 0 fully saturated rings. The number of fused-ring (bicyclic) bond motifs is 1. The average Bonchev–Trinajstić information content (AvgIpc) is 3.14. The molecular weight excluding hydrogens is 451 g/mol. The predicted molar refractivity (Wildman–Crippen MR) is 116 cm³/mol. The number of methoxy groups -OCH3 is 1. The molecule has 1 aromatic carbocycles. The lowest BCUT2D eigenvalue weighted by atomic mass is 10.1. The van der Waals surface area contributed by atoms with Gasteiger partial charge in [-0.25, -0.2) is 9.36 Å². The smallest absolute Gasteiger partial charge is 0.380 e. The summed E-state index contributed by atoms with van der Waals surface area (Å²) in [5.41, 5.74) is -1.49. The number of nitrogens with zero attached hydrogens (tertiary/aromatic N) is 3. The van der Waals surface area contributed by atoms with Gasteiger partial charge in [-0.1, -0.05) is 17.8 Å². The van der Waals surface area contributed by atoms with E-state index in [1.165, 1.54) is 29.4 Å². The third-order valence-electron chi connectivity index (χ3n) is 4.82. The first kappa shape index (κ1) is 21.6. The molecule has 11 heteroatoms. The molecule has 1 aliphatic heterocycles. The van der Waals surface area contributed by atoms with Gasteiger partial charge < -0.3 is 4.74 Å². The van der Waals surface area contributed by atoms with Crippen LogP contribution in [0.1, 0.15) is 17.8 Å². The van der Waals surface area contributed by atoms with E-state index < -0.39 is 23.1 Å². The SMILES string of the molecule is COCC1=C(c2nsc3ccc(-n4c(=O)cc(C(F)(F)F)n(C)c4=O)cc23)SC=CC1. The summed E-state index contributed by atoms with van der Waals surface area (Å²) in [6.45, 7) is 0.435. The Balaban J connectivity index is 1.91. The van der Waals surface area contributed by atoms with Gasteiger partial charge in [-0.05, 0) is 47.1 Å². The Morgan fingerprint density at radius 1 is 1.23 bits per heavy atom. The van der Waals surface area contributed by atoms with Crippen LogP contribution in [0.4, 0.5) is 13.2 Å². The fourth-order valence-corrected chi connectivity index (χ4v) is 5.09. The van der Waals surface area contributed by atoms with Crippen molar-refractivity contribution in [3.8, 4) is 5.69 Å². The number of rotatable bonds is 4. The molecule has 3 aromatic rings. The van der Waals surface area contributed by atoms with Crippen molar-refractivity contribution in [3.05, 3.63) is 73.5 Å². The Labute approximate surface area is 182 Å². The summed E-state index contributed by atoms with van der Waals surface area (Å²) >= 11 is 2.77. The first-order valence-corrected chi connectivity index (χ1v) is 10.7. The minimum atomic E-state index is -4.81. The molecule has 1 aliphatic rings. The third kappa shape index (κ3) is 3.88. The summed E-state index contributed by atoms with van der Waals surface area (Å²) in [4.78, 5) is 26.0. The lowest BCUT2D eigenvalue weighted by Crippen LogP contribution is -2.40. The van der Waals surface area contributed by atoms with Gasteiger partial charge in [0.15, 0.2) is 0 Å². The summed E-state index contributed by atoms with van der Waals surface area (Å²) in [5.74, 6) is 0. The van der Waals surface area contributed by atoms with E-state index in [0.717, 1.165) is 26.8 Å². The van der Waals surface area contributed by atoms with E-state index >= 15 is 0 Å². The molecule has 0 amide bonds. The quantitative estimate of drug-likeness (QED) is 0.576. The van der Waals surface area contributed by atoms with Crippen LogP contribution in [0.3, 0.4) is 0 Å². The lowest BCUT2D eigenvalue weighted by molar-refractivity contribution is -0.144. The first-order valence-electron chi connectivity index (χ1n) is 9.05. The zero-order valence-electron chi connectivity index (χ0n) is 16.4. The van der Waals surface area contributed by atoms with Crippen LogP contribution < -0.4 is 11.2 Å². The molecule has 6 nitrogen and oxygen atoms in total. The molecule has 0 radical (unpaired) electrons. The molecule has 0 unspecified atom stereocenters. The molecule has 162 valence electrons. The number of halogens is 3. The van der Waals surface area contributed by atoms with Gasteiger partial charge in [0.25, 0.3) is 5.56 Å². The topological polar surface area (TPSA) is 66.1 Å². The number of hydrogen-bond acceptors (Lipinski definition) is 6. The second-order valence-corrected chi connectivity index (χ2v) is 8.53. The molecule has 0 spiro atoms. The highest BCUT2D eigenvalue weighted by Crippen LogP contribution is 2.40. The van der Waals surface area contributed by atoms with Gasteiger partial charge in [0.1, 0.15) is 5.69 Å². The van der Waals surface area contributed by atoms with Gasteiger partial charge in [-0.15, -0.1) is 0 Å². The molecule has 0 atom stereocenters. The molecule has 3 heterocycles. The van der Waals surface area contributed by atoms with Crippen LogP contribution in [0, 0.1) is 0 Å². The van der Waals surface area contributed by atoms with Crippen molar-refractivity contribution in [2.75, 3.05) is 13.7 Å². The summed E-state index contributed by atoms with van der Waals surface area (Å²) in [6, 6.07) is 5.27. The fourth-order valence-electron chi connectivity index (χ4n) is 3.37. The largest absolute Gasteiger partial charge is 0.431 e. The number of thioether (sulfide) groups is 1. The standard InChI is InChI=1S/C20H16F3N3O3S2/c1-25-15(20(21,22)23)9-16(27)26(19(25)28)12-5-6-14-13(8-12)17(24-31-14)18-11(10-29-2)4-3-7-30-18/h3,5-9H,4,10H2,1-2H3. The van der Waals surface area contributed by atoms with E-state index in [1.54, 1.807) is 19.2 Å². The molecule has 0 saturated heterocycles. The molecule has 0 aliphatic carbocycles. The van der Waals surface area contributed by atoms with Crippen LogP contribution >= 0.6 is 23.3 Å². The normalized spacial score (nSPS) is 14.6. The zero-order chi connectivity index (χ0) is 22.3. The van der Waals surface area contributed by atoms with Gasteiger partial charge in [-0.2, -0.15) is 17.5 Å². The van der Waals surface area contributed by atoms with Gasteiger partial charge in [-0.3, -0.25) is 9.36 Å². The highest BCUT2D eigenvalue weighted by Gasteiger charge is 2.35. The van der Waals surface area contributed by atoms with E-state index in [0.29, 0.717) is 34.7 Å². The minimum Gasteiger partial charge on any atom is -0.380 e. The van der Waals surface area contributed by atoms with E-state index in [9.17, 15) is 22.8 Å². The van der Waals surface area contributed by atoms with Gasteiger partial charge in [0, 0.05) is 30.5 Å². The van der Waals surface area contributed by atoms with Crippen LogP contribution in [0.15, 0.2) is 50.9 Å². The average molecular weight is 467 g/mol. The Morgan fingerprint density at radius 3 is 2.71 bits per heavy atom. The van der Waals surface area contributed by atoms with Crippen molar-refractivity contribution in [2.45, 2.75) is 12.6 Å². The fraction of sp³-hybridized carbons (Fsp3) is 0.250. The van der Waals surface area contributed by atoms with Crippen molar-refractivity contribution in [1.29, 1.82) is 0 Å². The van der Waals surface area contributed by atoms with Crippen molar-refractivity contribution in [1.82, 2.24) is 13.5 Å². The number of hydrogen-bond donors (Lipinski definition) is 0. The van der Waals surface area contributed by atoms with Crippen molar-refractivity contribution in [3.63, 3.8) is 0 Å². The maximum absolute atomic E-state index is 13.1. The van der Waals surface area contributed by atoms with Gasteiger partial charge in [0.2, 0.25) is 0 Å². The summed E-state index contributed by atoms with van der Waals surface area (Å²) < 4.78 is 51.2. The summed E-state index contributed by atoms with van der Waals surface area (Å²) in [5, 5.41) is 2.67. The molecule has 0 bridgehead atoms. The van der Waals surface area contributed by atoms with E-state index in [4.69, 9.17) is 4.74 Å². The molecular formula is C20H16F3N3O3S2.